The van der Waals surface area contributed by atoms with E-state index in [0.717, 1.165) is 12.8 Å². The number of rotatable bonds is 5. The molecule has 3 N–H and O–H groups in total. The van der Waals surface area contributed by atoms with E-state index < -0.39 is 0 Å². The van der Waals surface area contributed by atoms with E-state index in [1.54, 1.807) is 11.3 Å². The van der Waals surface area contributed by atoms with Gasteiger partial charge in [-0.15, -0.1) is 11.3 Å². The van der Waals surface area contributed by atoms with Crippen LogP contribution in [0.4, 0.5) is 0 Å². The Morgan fingerprint density at radius 2 is 2.11 bits per heavy atom. The molecule has 1 aromatic carbocycles. The summed E-state index contributed by atoms with van der Waals surface area (Å²) in [5, 5.41) is 0. The minimum absolute atomic E-state index is 0.275. The van der Waals surface area contributed by atoms with E-state index in [2.05, 4.69) is 64.7 Å². The van der Waals surface area contributed by atoms with Gasteiger partial charge in [0.1, 0.15) is 0 Å². The van der Waals surface area contributed by atoms with Crippen LogP contribution < -0.4 is 11.3 Å². The second-order valence-corrected chi connectivity index (χ2v) is 7.01. The molecule has 0 aliphatic heterocycles. The van der Waals surface area contributed by atoms with E-state index >= 15 is 0 Å². The third kappa shape index (κ3) is 3.92. The number of aryl methyl sites for hydroxylation is 1. The molecule has 2 aromatic rings. The maximum absolute atomic E-state index is 5.66. The zero-order valence-electron chi connectivity index (χ0n) is 10.3. The molecule has 96 valence electrons. The third-order valence-corrected chi connectivity index (χ3v) is 4.52. The Morgan fingerprint density at radius 1 is 1.28 bits per heavy atom. The minimum atomic E-state index is 0.275. The van der Waals surface area contributed by atoms with Crippen molar-refractivity contribution in [3.63, 3.8) is 0 Å². The number of nitrogens with two attached hydrogens (primary N) is 1. The summed E-state index contributed by atoms with van der Waals surface area (Å²) < 4.78 is 1.17. The van der Waals surface area contributed by atoms with Gasteiger partial charge in [-0.2, -0.15) is 0 Å². The maximum atomic E-state index is 5.66. The molecular weight excluding hydrogens is 308 g/mol. The quantitative estimate of drug-likeness (QED) is 0.653. The number of hydrazine groups is 1. The molecule has 4 heteroatoms. The van der Waals surface area contributed by atoms with Gasteiger partial charge in [0.2, 0.25) is 0 Å². The molecule has 0 radical (unpaired) electrons. The topological polar surface area (TPSA) is 38.0 Å². The van der Waals surface area contributed by atoms with Gasteiger partial charge in [-0.25, -0.2) is 0 Å². The first kappa shape index (κ1) is 13.7. The SMILES string of the molecule is Cc1cccc(CC(Cc2ccc(Br)s2)NN)c1. The molecule has 0 fully saturated rings. The fourth-order valence-electron chi connectivity index (χ4n) is 2.02. The highest BCUT2D eigenvalue weighted by molar-refractivity contribution is 9.11. The van der Waals surface area contributed by atoms with E-state index in [9.17, 15) is 0 Å². The molecule has 0 saturated carbocycles. The summed E-state index contributed by atoms with van der Waals surface area (Å²) in [5.41, 5.74) is 5.54. The van der Waals surface area contributed by atoms with Crippen molar-refractivity contribution in [2.45, 2.75) is 25.8 Å². The van der Waals surface area contributed by atoms with E-state index in [4.69, 9.17) is 5.84 Å². The molecule has 1 heterocycles. The van der Waals surface area contributed by atoms with Crippen LogP contribution in [0.15, 0.2) is 40.2 Å². The summed E-state index contributed by atoms with van der Waals surface area (Å²) >= 11 is 5.25. The van der Waals surface area contributed by atoms with Crippen LogP contribution in [0.3, 0.4) is 0 Å². The van der Waals surface area contributed by atoms with Gasteiger partial charge in [-0.05, 0) is 53.4 Å². The fraction of sp³-hybridized carbons (Fsp3) is 0.286. The largest absolute Gasteiger partial charge is 0.271 e. The molecule has 1 atom stereocenters. The maximum Gasteiger partial charge on any atom is 0.0701 e. The van der Waals surface area contributed by atoms with Gasteiger partial charge in [0.05, 0.1) is 3.79 Å². The summed E-state index contributed by atoms with van der Waals surface area (Å²) in [4.78, 5) is 1.34. The molecular formula is C14H17BrN2S. The molecule has 0 aliphatic rings. The average molecular weight is 325 g/mol. The minimum Gasteiger partial charge on any atom is -0.271 e. The summed E-state index contributed by atoms with van der Waals surface area (Å²) in [7, 11) is 0. The number of hydrogen-bond acceptors (Lipinski definition) is 3. The molecule has 0 spiro atoms. The molecule has 0 amide bonds. The van der Waals surface area contributed by atoms with Gasteiger partial charge in [0.25, 0.3) is 0 Å². The first-order chi connectivity index (χ1) is 8.67. The van der Waals surface area contributed by atoms with Gasteiger partial charge in [-0.3, -0.25) is 11.3 Å². The lowest BCUT2D eigenvalue weighted by molar-refractivity contribution is 0.525. The lowest BCUT2D eigenvalue weighted by Gasteiger charge is -2.15. The molecule has 2 nitrogen and oxygen atoms in total. The van der Waals surface area contributed by atoms with Gasteiger partial charge in [-0.1, -0.05) is 29.8 Å². The Labute approximate surface area is 120 Å². The van der Waals surface area contributed by atoms with Crippen LogP contribution in [0.2, 0.25) is 0 Å². The van der Waals surface area contributed by atoms with Crippen molar-refractivity contribution in [2.75, 3.05) is 0 Å². The first-order valence-electron chi connectivity index (χ1n) is 5.93. The molecule has 0 saturated heterocycles. The van der Waals surface area contributed by atoms with E-state index in [0.29, 0.717) is 0 Å². The molecule has 1 unspecified atom stereocenters. The second-order valence-electron chi connectivity index (χ2n) is 4.47. The van der Waals surface area contributed by atoms with Crippen molar-refractivity contribution in [3.05, 3.63) is 56.2 Å². The second kappa shape index (κ2) is 6.48. The van der Waals surface area contributed by atoms with Crippen LogP contribution in [0.25, 0.3) is 0 Å². The zero-order valence-corrected chi connectivity index (χ0v) is 12.7. The Hall–Kier alpha value is -0.680. The lowest BCUT2D eigenvalue weighted by Crippen LogP contribution is -2.38. The molecule has 1 aromatic heterocycles. The Balaban J connectivity index is 2.01. The van der Waals surface area contributed by atoms with Crippen LogP contribution in [0, 0.1) is 6.92 Å². The summed E-state index contributed by atoms with van der Waals surface area (Å²) in [6.07, 6.45) is 1.91. The standard InChI is InChI=1S/C14H17BrN2S/c1-10-3-2-4-11(7-10)8-12(17-16)9-13-5-6-14(15)18-13/h2-7,12,17H,8-9,16H2,1H3. The highest BCUT2D eigenvalue weighted by Gasteiger charge is 2.10. The normalized spacial score (nSPS) is 12.6. The number of halogens is 1. The van der Waals surface area contributed by atoms with Gasteiger partial charge >= 0.3 is 0 Å². The summed E-state index contributed by atoms with van der Waals surface area (Å²) in [6, 6.07) is 13.1. The summed E-state index contributed by atoms with van der Waals surface area (Å²) in [5.74, 6) is 5.66. The Kier molecular flexibility index (Phi) is 4.95. The van der Waals surface area contributed by atoms with Crippen molar-refractivity contribution in [1.82, 2.24) is 5.43 Å². The van der Waals surface area contributed by atoms with E-state index in [1.165, 1.54) is 19.8 Å². The van der Waals surface area contributed by atoms with Crippen LogP contribution in [-0.4, -0.2) is 6.04 Å². The van der Waals surface area contributed by atoms with Crippen LogP contribution >= 0.6 is 27.3 Å². The van der Waals surface area contributed by atoms with E-state index in [1.807, 2.05) is 0 Å². The van der Waals surface area contributed by atoms with Crippen LogP contribution in [-0.2, 0) is 12.8 Å². The number of hydrogen-bond donors (Lipinski definition) is 2. The predicted octanol–water partition coefficient (Wildman–Crippen LogP) is 3.44. The highest BCUT2D eigenvalue weighted by Crippen LogP contribution is 2.23. The third-order valence-electron chi connectivity index (χ3n) is 2.88. The van der Waals surface area contributed by atoms with E-state index in [-0.39, 0.29) is 6.04 Å². The van der Waals surface area contributed by atoms with Gasteiger partial charge in [0, 0.05) is 10.9 Å². The molecule has 18 heavy (non-hydrogen) atoms. The Bertz CT molecular complexity index is 510. The molecule has 0 bridgehead atoms. The van der Waals surface area contributed by atoms with Crippen molar-refractivity contribution in [3.8, 4) is 0 Å². The predicted molar refractivity (Wildman–Crippen MR) is 81.7 cm³/mol. The number of thiophene rings is 1. The van der Waals surface area contributed by atoms with Crippen molar-refractivity contribution >= 4 is 27.3 Å². The first-order valence-corrected chi connectivity index (χ1v) is 7.54. The van der Waals surface area contributed by atoms with Gasteiger partial charge < -0.3 is 0 Å². The van der Waals surface area contributed by atoms with Crippen molar-refractivity contribution in [1.29, 1.82) is 0 Å². The summed E-state index contributed by atoms with van der Waals surface area (Å²) in [6.45, 7) is 2.12. The Morgan fingerprint density at radius 3 is 2.72 bits per heavy atom. The smallest absolute Gasteiger partial charge is 0.0701 e. The average Bonchev–Trinajstić information content (AvgIpc) is 2.74. The highest BCUT2D eigenvalue weighted by atomic mass is 79.9. The molecule has 2 rings (SSSR count). The van der Waals surface area contributed by atoms with Gasteiger partial charge in [0.15, 0.2) is 0 Å². The van der Waals surface area contributed by atoms with Crippen molar-refractivity contribution < 1.29 is 0 Å². The van der Waals surface area contributed by atoms with Crippen molar-refractivity contribution in [2.24, 2.45) is 5.84 Å². The number of benzene rings is 1. The molecule has 0 aliphatic carbocycles. The fourth-order valence-corrected chi connectivity index (χ4v) is 3.58. The lowest BCUT2D eigenvalue weighted by atomic mass is 10.0. The monoisotopic (exact) mass is 324 g/mol. The van der Waals surface area contributed by atoms with Crippen LogP contribution in [0.1, 0.15) is 16.0 Å². The van der Waals surface area contributed by atoms with Crippen LogP contribution in [0.5, 0.6) is 0 Å². The zero-order chi connectivity index (χ0) is 13.0. The number of nitrogens with one attached hydrogen (secondary N) is 1.